The molecule has 0 heteroatoms. The molecule has 0 heterocycles. The van der Waals surface area contributed by atoms with Gasteiger partial charge in [-0.05, 0) is 30.1 Å². The van der Waals surface area contributed by atoms with Crippen LogP contribution >= 0.6 is 0 Å². The van der Waals surface area contributed by atoms with Gasteiger partial charge in [0.2, 0.25) is 0 Å². The van der Waals surface area contributed by atoms with E-state index < -0.39 is 0 Å². The van der Waals surface area contributed by atoms with Gasteiger partial charge in [0.05, 0.1) is 0 Å². The molecule has 0 aromatic carbocycles. The monoisotopic (exact) mass is 154 g/mol. The van der Waals surface area contributed by atoms with E-state index in [1.165, 1.54) is 25.7 Å². The first kappa shape index (κ1) is 9.09. The fourth-order valence-corrected chi connectivity index (χ4v) is 2.84. The maximum absolute atomic E-state index is 2.48. The van der Waals surface area contributed by atoms with E-state index in [2.05, 4.69) is 27.7 Å². The Balaban J connectivity index is 2.64. The zero-order valence-electron chi connectivity index (χ0n) is 8.48. The minimum atomic E-state index is 0.675. The Morgan fingerprint density at radius 2 is 2.09 bits per heavy atom. The first-order valence-corrected chi connectivity index (χ1v) is 5.10. The minimum Gasteiger partial charge on any atom is -0.0649 e. The Hall–Kier alpha value is 0. The maximum atomic E-state index is 2.48. The summed E-state index contributed by atoms with van der Waals surface area (Å²) < 4.78 is 0. The molecule has 0 aliphatic heterocycles. The van der Waals surface area contributed by atoms with E-state index in [-0.39, 0.29) is 0 Å². The molecular formula is C11H22. The molecule has 1 fully saturated rings. The van der Waals surface area contributed by atoms with Crippen molar-refractivity contribution in [1.82, 2.24) is 0 Å². The molecule has 0 saturated heterocycles. The molecule has 0 amide bonds. The molecule has 0 spiro atoms. The highest BCUT2D eigenvalue weighted by Crippen LogP contribution is 2.48. The molecule has 2 atom stereocenters. The minimum absolute atomic E-state index is 0.675. The zero-order valence-corrected chi connectivity index (χ0v) is 8.48. The Bertz CT molecular complexity index is 126. The summed E-state index contributed by atoms with van der Waals surface area (Å²) in [7, 11) is 0. The summed E-state index contributed by atoms with van der Waals surface area (Å²) in [5.41, 5.74) is 0.675. The van der Waals surface area contributed by atoms with Crippen molar-refractivity contribution in [1.29, 1.82) is 0 Å². The van der Waals surface area contributed by atoms with Crippen LogP contribution in [0.15, 0.2) is 0 Å². The lowest BCUT2D eigenvalue weighted by Crippen LogP contribution is -2.24. The van der Waals surface area contributed by atoms with Crippen molar-refractivity contribution < 1.29 is 0 Å². The van der Waals surface area contributed by atoms with Crippen molar-refractivity contribution >= 4 is 0 Å². The summed E-state index contributed by atoms with van der Waals surface area (Å²) in [6, 6.07) is 0. The van der Waals surface area contributed by atoms with E-state index >= 15 is 0 Å². The molecule has 11 heavy (non-hydrogen) atoms. The van der Waals surface area contributed by atoms with Crippen LogP contribution in [0.3, 0.4) is 0 Å². The van der Waals surface area contributed by atoms with Gasteiger partial charge in [-0.15, -0.1) is 0 Å². The highest BCUT2D eigenvalue weighted by molar-refractivity contribution is 4.88. The Labute approximate surface area is 71.4 Å². The van der Waals surface area contributed by atoms with Gasteiger partial charge in [0.1, 0.15) is 0 Å². The third-order valence-electron chi connectivity index (χ3n) is 3.77. The molecule has 1 aliphatic carbocycles. The van der Waals surface area contributed by atoms with Crippen LogP contribution in [0.2, 0.25) is 0 Å². The largest absolute Gasteiger partial charge is 0.0649 e. The van der Waals surface area contributed by atoms with Crippen LogP contribution in [0, 0.1) is 17.3 Å². The summed E-state index contributed by atoms with van der Waals surface area (Å²) in [6.07, 6.45) is 5.78. The van der Waals surface area contributed by atoms with Crippen molar-refractivity contribution in [2.45, 2.75) is 53.4 Å². The number of hydrogen-bond acceptors (Lipinski definition) is 0. The molecule has 2 unspecified atom stereocenters. The van der Waals surface area contributed by atoms with Crippen LogP contribution in [0.4, 0.5) is 0 Å². The Kier molecular flexibility index (Phi) is 2.61. The summed E-state index contributed by atoms with van der Waals surface area (Å²) in [5, 5.41) is 0. The molecular weight excluding hydrogens is 132 g/mol. The van der Waals surface area contributed by atoms with Gasteiger partial charge in [-0.25, -0.2) is 0 Å². The molecule has 1 aliphatic rings. The van der Waals surface area contributed by atoms with Gasteiger partial charge in [-0.2, -0.15) is 0 Å². The molecule has 0 nitrogen and oxygen atoms in total. The average Bonchev–Trinajstić information content (AvgIpc) is 2.32. The molecule has 0 aromatic heterocycles. The fraction of sp³-hybridized carbons (Fsp3) is 1.00. The van der Waals surface area contributed by atoms with Crippen LogP contribution < -0.4 is 0 Å². The van der Waals surface area contributed by atoms with Gasteiger partial charge in [0.15, 0.2) is 0 Å². The molecule has 0 bridgehead atoms. The van der Waals surface area contributed by atoms with Gasteiger partial charge < -0.3 is 0 Å². The van der Waals surface area contributed by atoms with Gasteiger partial charge >= 0.3 is 0 Å². The standard InChI is InChI=1S/C11H22/c1-5-11(4)8-6-7-10(11)9(2)3/h9-10H,5-8H2,1-4H3. The van der Waals surface area contributed by atoms with Gasteiger partial charge in [0.25, 0.3) is 0 Å². The van der Waals surface area contributed by atoms with E-state index in [0.29, 0.717) is 5.41 Å². The van der Waals surface area contributed by atoms with Crippen molar-refractivity contribution in [2.75, 3.05) is 0 Å². The second kappa shape index (κ2) is 3.16. The SMILES string of the molecule is CCC1(C)CCCC1C(C)C. The second-order valence-corrected chi connectivity index (χ2v) is 4.75. The van der Waals surface area contributed by atoms with E-state index in [4.69, 9.17) is 0 Å². The molecule has 0 radical (unpaired) electrons. The van der Waals surface area contributed by atoms with Crippen molar-refractivity contribution in [2.24, 2.45) is 17.3 Å². The van der Waals surface area contributed by atoms with Gasteiger partial charge in [-0.1, -0.05) is 40.5 Å². The summed E-state index contributed by atoms with van der Waals surface area (Å²) >= 11 is 0. The predicted molar refractivity (Wildman–Crippen MR) is 50.6 cm³/mol. The quantitative estimate of drug-likeness (QED) is 0.566. The third kappa shape index (κ3) is 1.60. The second-order valence-electron chi connectivity index (χ2n) is 4.75. The lowest BCUT2D eigenvalue weighted by atomic mass is 9.72. The first-order valence-electron chi connectivity index (χ1n) is 5.10. The summed E-state index contributed by atoms with van der Waals surface area (Å²) in [4.78, 5) is 0. The van der Waals surface area contributed by atoms with Crippen molar-refractivity contribution in [3.05, 3.63) is 0 Å². The van der Waals surface area contributed by atoms with E-state index in [1.54, 1.807) is 0 Å². The van der Waals surface area contributed by atoms with E-state index in [1.807, 2.05) is 0 Å². The summed E-state index contributed by atoms with van der Waals surface area (Å²) in [5.74, 6) is 1.88. The average molecular weight is 154 g/mol. The van der Waals surface area contributed by atoms with Crippen LogP contribution in [0.1, 0.15) is 53.4 Å². The van der Waals surface area contributed by atoms with Crippen LogP contribution in [-0.4, -0.2) is 0 Å². The van der Waals surface area contributed by atoms with Gasteiger partial charge in [-0.3, -0.25) is 0 Å². The number of rotatable bonds is 2. The molecule has 1 rings (SSSR count). The maximum Gasteiger partial charge on any atom is -0.0298 e. The topological polar surface area (TPSA) is 0 Å². The van der Waals surface area contributed by atoms with E-state index in [9.17, 15) is 0 Å². The van der Waals surface area contributed by atoms with Crippen LogP contribution in [-0.2, 0) is 0 Å². The van der Waals surface area contributed by atoms with Crippen LogP contribution in [0.5, 0.6) is 0 Å². The normalized spacial score (nSPS) is 38.5. The smallest absolute Gasteiger partial charge is 0.0298 e. The molecule has 1 saturated carbocycles. The molecule has 0 N–H and O–H groups in total. The van der Waals surface area contributed by atoms with Crippen molar-refractivity contribution in [3.8, 4) is 0 Å². The van der Waals surface area contributed by atoms with Crippen molar-refractivity contribution in [3.63, 3.8) is 0 Å². The zero-order chi connectivity index (χ0) is 8.48. The Morgan fingerprint density at radius 3 is 2.45 bits per heavy atom. The van der Waals surface area contributed by atoms with E-state index in [0.717, 1.165) is 11.8 Å². The summed E-state index contributed by atoms with van der Waals surface area (Å²) in [6.45, 7) is 9.58. The van der Waals surface area contributed by atoms with Gasteiger partial charge in [0, 0.05) is 0 Å². The highest BCUT2D eigenvalue weighted by Gasteiger charge is 2.38. The highest BCUT2D eigenvalue weighted by atomic mass is 14.4. The third-order valence-corrected chi connectivity index (χ3v) is 3.77. The lowest BCUT2D eigenvalue weighted by Gasteiger charge is -2.33. The number of hydrogen-bond donors (Lipinski definition) is 0. The first-order chi connectivity index (χ1) is 5.10. The lowest BCUT2D eigenvalue weighted by molar-refractivity contribution is 0.168. The molecule has 66 valence electrons. The molecule has 0 aromatic rings. The Morgan fingerprint density at radius 1 is 1.45 bits per heavy atom. The van der Waals surface area contributed by atoms with Crippen LogP contribution in [0.25, 0.3) is 0 Å². The fourth-order valence-electron chi connectivity index (χ4n) is 2.84. The predicted octanol–water partition coefficient (Wildman–Crippen LogP) is 3.86.